The van der Waals surface area contributed by atoms with Crippen molar-refractivity contribution in [1.29, 1.82) is 0 Å². The topological polar surface area (TPSA) is 92.8 Å². The summed E-state index contributed by atoms with van der Waals surface area (Å²) in [5.41, 5.74) is 1.37. The summed E-state index contributed by atoms with van der Waals surface area (Å²) < 4.78 is 5.16. The van der Waals surface area contributed by atoms with Gasteiger partial charge in [-0.2, -0.15) is 0 Å². The highest BCUT2D eigenvalue weighted by Crippen LogP contribution is 2.40. The molecular formula is C20H22N2O5S. The Kier molecular flexibility index (Phi) is 5.05. The van der Waals surface area contributed by atoms with Crippen molar-refractivity contribution in [2.75, 3.05) is 18.5 Å². The number of hydrogen-bond acceptors (Lipinski definition) is 6. The second-order valence-corrected chi connectivity index (χ2v) is 8.35. The van der Waals surface area contributed by atoms with Crippen LogP contribution in [0.15, 0.2) is 12.2 Å². The van der Waals surface area contributed by atoms with Crippen molar-refractivity contribution in [1.82, 2.24) is 4.90 Å². The molecule has 0 aromatic carbocycles. The number of esters is 1. The monoisotopic (exact) mass is 402 g/mol. The first kappa shape index (κ1) is 18.9. The zero-order chi connectivity index (χ0) is 19.8. The smallest absolute Gasteiger partial charge is 0.341 e. The quantitative estimate of drug-likeness (QED) is 0.463. The highest BCUT2D eigenvalue weighted by Gasteiger charge is 2.47. The van der Waals surface area contributed by atoms with E-state index in [1.165, 1.54) is 11.3 Å². The Morgan fingerprint density at radius 2 is 1.86 bits per heavy atom. The summed E-state index contributed by atoms with van der Waals surface area (Å²) in [5, 5.41) is 3.20. The molecule has 2 aliphatic carbocycles. The molecule has 1 aromatic rings. The van der Waals surface area contributed by atoms with Gasteiger partial charge in [-0.15, -0.1) is 11.3 Å². The van der Waals surface area contributed by atoms with Crippen LogP contribution in [0.5, 0.6) is 0 Å². The van der Waals surface area contributed by atoms with Crippen LogP contribution in [-0.4, -0.2) is 41.7 Å². The number of nitrogens with zero attached hydrogens (tertiary/aromatic N) is 1. The molecule has 1 fully saturated rings. The standard InChI is InChI=1S/C20H22N2O5S/c1-2-27-20(26)16-13-8-5-9-14(13)28-17(16)21-15(23)10-22-18(24)11-6-3-4-7-12(11)19(22)25/h3-4,11-12H,2,5-10H2,1H3,(H,21,23)/t11-,12-/m0/s1. The van der Waals surface area contributed by atoms with Gasteiger partial charge in [-0.1, -0.05) is 12.2 Å². The van der Waals surface area contributed by atoms with Crippen LogP contribution in [0.4, 0.5) is 5.00 Å². The van der Waals surface area contributed by atoms with Gasteiger partial charge in [0.1, 0.15) is 11.5 Å². The highest BCUT2D eigenvalue weighted by molar-refractivity contribution is 7.17. The van der Waals surface area contributed by atoms with Crippen LogP contribution < -0.4 is 5.32 Å². The third kappa shape index (κ3) is 3.15. The number of carbonyl (C=O) groups is 4. The molecule has 0 spiro atoms. The number of hydrogen-bond donors (Lipinski definition) is 1. The molecule has 4 rings (SSSR count). The maximum absolute atomic E-state index is 12.6. The van der Waals surface area contributed by atoms with Gasteiger partial charge in [-0.3, -0.25) is 19.3 Å². The maximum Gasteiger partial charge on any atom is 0.341 e. The first-order valence-corrected chi connectivity index (χ1v) is 10.4. The molecule has 2 atom stereocenters. The molecule has 7 nitrogen and oxygen atoms in total. The first-order chi connectivity index (χ1) is 13.5. The zero-order valence-electron chi connectivity index (χ0n) is 15.7. The van der Waals surface area contributed by atoms with Crippen molar-refractivity contribution in [3.8, 4) is 0 Å². The van der Waals surface area contributed by atoms with Crippen LogP contribution in [0.25, 0.3) is 0 Å². The maximum atomic E-state index is 12.6. The molecule has 1 N–H and O–H groups in total. The summed E-state index contributed by atoms with van der Waals surface area (Å²) in [6.07, 6.45) is 7.55. The SMILES string of the molecule is CCOC(=O)c1c(NC(=O)CN2C(=O)[C@H]3CC=CC[C@@H]3C2=O)sc2c1CCC2. The molecule has 1 saturated heterocycles. The van der Waals surface area contributed by atoms with Gasteiger partial charge in [0, 0.05) is 4.88 Å². The van der Waals surface area contributed by atoms with Gasteiger partial charge < -0.3 is 10.1 Å². The predicted molar refractivity (Wildman–Crippen MR) is 103 cm³/mol. The van der Waals surface area contributed by atoms with Crippen molar-refractivity contribution in [2.45, 2.75) is 39.0 Å². The van der Waals surface area contributed by atoms with E-state index in [0.29, 0.717) is 23.4 Å². The van der Waals surface area contributed by atoms with Gasteiger partial charge in [0.25, 0.3) is 0 Å². The minimum absolute atomic E-state index is 0.254. The summed E-state index contributed by atoms with van der Waals surface area (Å²) in [5.74, 6) is -2.19. The predicted octanol–water partition coefficient (Wildman–Crippen LogP) is 2.30. The van der Waals surface area contributed by atoms with Crippen LogP contribution in [0, 0.1) is 11.8 Å². The Labute approximate surface area is 166 Å². The van der Waals surface area contributed by atoms with E-state index < -0.39 is 11.9 Å². The lowest BCUT2D eigenvalue weighted by molar-refractivity contribution is -0.142. The van der Waals surface area contributed by atoms with Gasteiger partial charge in [0.05, 0.1) is 24.0 Å². The average molecular weight is 402 g/mol. The lowest BCUT2D eigenvalue weighted by Crippen LogP contribution is -2.38. The lowest BCUT2D eigenvalue weighted by atomic mass is 9.85. The number of anilines is 1. The Bertz CT molecular complexity index is 861. The number of amides is 3. The second-order valence-electron chi connectivity index (χ2n) is 7.25. The van der Waals surface area contributed by atoms with E-state index in [0.717, 1.165) is 34.6 Å². The number of aryl methyl sites for hydroxylation is 1. The van der Waals surface area contributed by atoms with Crippen molar-refractivity contribution < 1.29 is 23.9 Å². The molecule has 0 radical (unpaired) electrons. The molecule has 2 heterocycles. The number of carbonyl (C=O) groups excluding carboxylic acids is 4. The normalized spacial score (nSPS) is 23.0. The average Bonchev–Trinajstić information content (AvgIpc) is 3.31. The highest BCUT2D eigenvalue weighted by atomic mass is 32.1. The van der Waals surface area contributed by atoms with Gasteiger partial charge in [-0.25, -0.2) is 4.79 Å². The minimum Gasteiger partial charge on any atom is -0.462 e. The van der Waals surface area contributed by atoms with E-state index in [1.807, 2.05) is 12.2 Å². The fourth-order valence-corrected chi connectivity index (χ4v) is 5.54. The molecule has 1 aliphatic heterocycles. The van der Waals surface area contributed by atoms with Crippen LogP contribution >= 0.6 is 11.3 Å². The van der Waals surface area contributed by atoms with E-state index in [1.54, 1.807) is 6.92 Å². The Morgan fingerprint density at radius 3 is 2.50 bits per heavy atom. The molecule has 3 amide bonds. The number of rotatable bonds is 5. The summed E-state index contributed by atoms with van der Waals surface area (Å²) in [4.78, 5) is 52.2. The summed E-state index contributed by atoms with van der Waals surface area (Å²) >= 11 is 1.38. The van der Waals surface area contributed by atoms with Gasteiger partial charge in [0.2, 0.25) is 17.7 Å². The second kappa shape index (κ2) is 7.50. The molecule has 0 unspecified atom stereocenters. The van der Waals surface area contributed by atoms with E-state index in [-0.39, 0.29) is 36.8 Å². The molecule has 0 saturated carbocycles. The van der Waals surface area contributed by atoms with E-state index >= 15 is 0 Å². The van der Waals surface area contributed by atoms with Gasteiger partial charge in [0.15, 0.2) is 0 Å². The molecule has 148 valence electrons. The summed E-state index contributed by atoms with van der Waals surface area (Å²) in [6.45, 7) is 1.67. The van der Waals surface area contributed by atoms with Crippen LogP contribution in [-0.2, 0) is 32.0 Å². The summed E-state index contributed by atoms with van der Waals surface area (Å²) in [6, 6.07) is 0. The minimum atomic E-state index is -0.473. The number of likely N-dealkylation sites (tertiary alicyclic amines) is 1. The molecule has 0 bridgehead atoms. The van der Waals surface area contributed by atoms with Crippen LogP contribution in [0.1, 0.15) is 47.0 Å². The molecule has 1 aromatic heterocycles. The number of ether oxygens (including phenoxy) is 1. The van der Waals surface area contributed by atoms with Crippen molar-refractivity contribution >= 4 is 40.0 Å². The molecule has 3 aliphatic rings. The number of nitrogens with one attached hydrogen (secondary N) is 1. The van der Waals surface area contributed by atoms with Crippen molar-refractivity contribution in [2.24, 2.45) is 11.8 Å². The molecular weight excluding hydrogens is 380 g/mol. The van der Waals surface area contributed by atoms with Crippen LogP contribution in [0.2, 0.25) is 0 Å². The largest absolute Gasteiger partial charge is 0.462 e. The third-order valence-corrected chi connectivity index (χ3v) is 6.76. The Balaban J connectivity index is 1.50. The van der Waals surface area contributed by atoms with Crippen molar-refractivity contribution in [3.05, 3.63) is 28.2 Å². The lowest BCUT2D eigenvalue weighted by Gasteiger charge is -2.14. The van der Waals surface area contributed by atoms with E-state index in [9.17, 15) is 19.2 Å². The molecule has 8 heteroatoms. The van der Waals surface area contributed by atoms with Gasteiger partial charge >= 0.3 is 5.97 Å². The number of fused-ring (bicyclic) bond motifs is 2. The zero-order valence-corrected chi connectivity index (χ0v) is 16.5. The Morgan fingerprint density at radius 1 is 1.18 bits per heavy atom. The van der Waals surface area contributed by atoms with Crippen molar-refractivity contribution in [3.63, 3.8) is 0 Å². The van der Waals surface area contributed by atoms with E-state index in [2.05, 4.69) is 5.32 Å². The van der Waals surface area contributed by atoms with E-state index in [4.69, 9.17) is 4.74 Å². The third-order valence-electron chi connectivity index (χ3n) is 5.55. The first-order valence-electron chi connectivity index (χ1n) is 9.63. The summed E-state index contributed by atoms with van der Waals surface area (Å²) in [7, 11) is 0. The fraction of sp³-hybridized carbons (Fsp3) is 0.500. The van der Waals surface area contributed by atoms with Crippen LogP contribution in [0.3, 0.4) is 0 Å². The fourth-order valence-electron chi connectivity index (χ4n) is 4.25. The number of imide groups is 1. The number of thiophene rings is 1. The Hall–Kier alpha value is -2.48. The van der Waals surface area contributed by atoms with Gasteiger partial charge in [-0.05, 0) is 44.6 Å². The number of allylic oxidation sites excluding steroid dienone is 2. The molecule has 28 heavy (non-hydrogen) atoms.